The maximum Gasteiger partial charge on any atom is 0.257 e. The Bertz CT molecular complexity index is 641. The lowest BCUT2D eigenvalue weighted by Gasteiger charge is -2.22. The van der Waals surface area contributed by atoms with Crippen LogP contribution in [0, 0.1) is 6.92 Å². The fourth-order valence-electron chi connectivity index (χ4n) is 2.55. The molecule has 6 heteroatoms. The predicted octanol–water partition coefficient (Wildman–Crippen LogP) is 3.12. The maximum atomic E-state index is 12.7. The lowest BCUT2D eigenvalue weighted by Crippen LogP contribution is -2.30. The van der Waals surface area contributed by atoms with Gasteiger partial charge in [-0.2, -0.15) is 0 Å². The van der Waals surface area contributed by atoms with Crippen LogP contribution in [0.5, 0.6) is 0 Å². The molecule has 0 aromatic carbocycles. The molecule has 0 bridgehead atoms. The normalized spacial score (nSPS) is 18.5. The lowest BCUT2D eigenvalue weighted by atomic mass is 10.1. The van der Waals surface area contributed by atoms with Crippen molar-refractivity contribution in [1.82, 2.24) is 15.0 Å². The summed E-state index contributed by atoms with van der Waals surface area (Å²) in [4.78, 5) is 18.6. The van der Waals surface area contributed by atoms with Crippen molar-refractivity contribution in [2.24, 2.45) is 0 Å². The van der Waals surface area contributed by atoms with Crippen molar-refractivity contribution in [3.63, 3.8) is 0 Å². The predicted molar refractivity (Wildman–Crippen MR) is 76.2 cm³/mol. The number of likely N-dealkylation sites (tertiary alicyclic amines) is 1. The van der Waals surface area contributed by atoms with E-state index in [0.29, 0.717) is 10.2 Å². The van der Waals surface area contributed by atoms with Crippen LogP contribution in [0.2, 0.25) is 0 Å². The van der Waals surface area contributed by atoms with Crippen LogP contribution < -0.4 is 0 Å². The van der Waals surface area contributed by atoms with E-state index in [1.165, 1.54) is 0 Å². The first kappa shape index (κ1) is 13.3. The van der Waals surface area contributed by atoms with Crippen molar-refractivity contribution in [2.75, 3.05) is 6.54 Å². The van der Waals surface area contributed by atoms with Crippen LogP contribution in [0.4, 0.5) is 0 Å². The van der Waals surface area contributed by atoms with E-state index in [1.807, 2.05) is 17.9 Å². The summed E-state index contributed by atoms with van der Waals surface area (Å²) in [5.41, 5.74) is 1.41. The monoisotopic (exact) mass is 335 g/mol. The summed E-state index contributed by atoms with van der Waals surface area (Å²) in [5, 5.41) is 3.91. The first-order valence-electron chi connectivity index (χ1n) is 6.51. The zero-order valence-electron chi connectivity index (χ0n) is 11.0. The molecule has 5 nitrogen and oxygen atoms in total. The minimum absolute atomic E-state index is 0.0264. The van der Waals surface area contributed by atoms with Gasteiger partial charge < -0.3 is 9.42 Å². The number of pyridine rings is 1. The van der Waals surface area contributed by atoms with Gasteiger partial charge in [0.25, 0.3) is 5.91 Å². The highest BCUT2D eigenvalue weighted by molar-refractivity contribution is 9.10. The first-order chi connectivity index (χ1) is 9.66. The molecule has 1 fully saturated rings. The van der Waals surface area contributed by atoms with Crippen LogP contribution in [0.1, 0.15) is 40.7 Å². The SMILES string of the molecule is Cc1cc(C2CCCN2C(=O)c2cccnc2Br)on1. The van der Waals surface area contributed by atoms with Crippen molar-refractivity contribution in [3.05, 3.63) is 46.0 Å². The molecule has 1 aliphatic rings. The zero-order chi connectivity index (χ0) is 14.1. The smallest absolute Gasteiger partial charge is 0.257 e. The molecule has 20 heavy (non-hydrogen) atoms. The second-order valence-electron chi connectivity index (χ2n) is 4.87. The summed E-state index contributed by atoms with van der Waals surface area (Å²) in [6, 6.07) is 5.41. The molecule has 1 amide bonds. The molecule has 1 aliphatic heterocycles. The Labute approximate surface area is 125 Å². The Morgan fingerprint density at radius 3 is 3.10 bits per heavy atom. The molecule has 2 aromatic heterocycles. The van der Waals surface area contributed by atoms with E-state index < -0.39 is 0 Å². The number of nitrogens with zero attached hydrogens (tertiary/aromatic N) is 3. The van der Waals surface area contributed by atoms with Crippen LogP contribution in [0.3, 0.4) is 0 Å². The fraction of sp³-hybridized carbons (Fsp3) is 0.357. The number of carbonyl (C=O) groups excluding carboxylic acids is 1. The highest BCUT2D eigenvalue weighted by Gasteiger charge is 2.33. The molecular formula is C14H14BrN3O2. The van der Waals surface area contributed by atoms with Gasteiger partial charge in [0.1, 0.15) is 4.60 Å². The number of rotatable bonds is 2. The summed E-state index contributed by atoms with van der Waals surface area (Å²) in [6.45, 7) is 2.61. The molecule has 0 spiro atoms. The van der Waals surface area contributed by atoms with Gasteiger partial charge in [0, 0.05) is 18.8 Å². The van der Waals surface area contributed by atoms with Gasteiger partial charge in [-0.1, -0.05) is 5.16 Å². The Morgan fingerprint density at radius 1 is 1.55 bits per heavy atom. The number of amides is 1. The molecule has 3 rings (SSSR count). The van der Waals surface area contributed by atoms with Gasteiger partial charge in [-0.25, -0.2) is 4.98 Å². The number of aryl methyl sites for hydroxylation is 1. The zero-order valence-corrected chi connectivity index (χ0v) is 12.6. The van der Waals surface area contributed by atoms with E-state index >= 15 is 0 Å². The molecular weight excluding hydrogens is 322 g/mol. The van der Waals surface area contributed by atoms with E-state index in [9.17, 15) is 4.79 Å². The molecule has 3 heterocycles. The lowest BCUT2D eigenvalue weighted by molar-refractivity contribution is 0.0713. The quantitative estimate of drug-likeness (QED) is 0.791. The third-order valence-electron chi connectivity index (χ3n) is 3.48. The van der Waals surface area contributed by atoms with Crippen LogP contribution in [0.25, 0.3) is 0 Å². The highest BCUT2D eigenvalue weighted by Crippen LogP contribution is 2.34. The molecule has 104 valence electrons. The molecule has 1 saturated heterocycles. The van der Waals surface area contributed by atoms with Crippen LogP contribution in [-0.4, -0.2) is 27.5 Å². The molecule has 0 aliphatic carbocycles. The third kappa shape index (κ3) is 2.35. The van der Waals surface area contributed by atoms with Crippen molar-refractivity contribution >= 4 is 21.8 Å². The van der Waals surface area contributed by atoms with Crippen molar-refractivity contribution in [2.45, 2.75) is 25.8 Å². The van der Waals surface area contributed by atoms with Gasteiger partial charge in [-0.3, -0.25) is 4.79 Å². The van der Waals surface area contributed by atoms with Gasteiger partial charge in [0.05, 0.1) is 17.3 Å². The summed E-state index contributed by atoms with van der Waals surface area (Å²) in [5.74, 6) is 0.731. The average molecular weight is 336 g/mol. The number of hydrogen-bond acceptors (Lipinski definition) is 4. The van der Waals surface area contributed by atoms with Gasteiger partial charge in [-0.15, -0.1) is 0 Å². The van der Waals surface area contributed by atoms with Gasteiger partial charge in [0.15, 0.2) is 5.76 Å². The van der Waals surface area contributed by atoms with Crippen molar-refractivity contribution in [3.8, 4) is 0 Å². The van der Waals surface area contributed by atoms with Gasteiger partial charge in [-0.05, 0) is 47.8 Å². The molecule has 1 atom stereocenters. The largest absolute Gasteiger partial charge is 0.359 e. The Kier molecular flexibility index (Phi) is 3.56. The van der Waals surface area contributed by atoms with Crippen molar-refractivity contribution in [1.29, 1.82) is 0 Å². The number of carbonyl (C=O) groups is 1. The van der Waals surface area contributed by atoms with Crippen LogP contribution in [-0.2, 0) is 0 Å². The maximum absolute atomic E-state index is 12.7. The summed E-state index contributed by atoms with van der Waals surface area (Å²) < 4.78 is 5.90. The van der Waals surface area contributed by atoms with E-state index in [2.05, 4.69) is 26.1 Å². The molecule has 2 aromatic rings. The highest BCUT2D eigenvalue weighted by atomic mass is 79.9. The summed E-state index contributed by atoms with van der Waals surface area (Å²) in [6.07, 6.45) is 3.52. The van der Waals surface area contributed by atoms with Crippen LogP contribution in [0.15, 0.2) is 33.5 Å². The topological polar surface area (TPSA) is 59.2 Å². The van der Waals surface area contributed by atoms with Crippen LogP contribution >= 0.6 is 15.9 Å². The first-order valence-corrected chi connectivity index (χ1v) is 7.31. The molecule has 0 saturated carbocycles. The van der Waals surface area contributed by atoms with E-state index in [1.54, 1.807) is 18.3 Å². The summed E-state index contributed by atoms with van der Waals surface area (Å²) in [7, 11) is 0. The fourth-order valence-corrected chi connectivity index (χ4v) is 2.97. The van der Waals surface area contributed by atoms with Gasteiger partial charge in [0.2, 0.25) is 0 Å². The number of aromatic nitrogens is 2. The Morgan fingerprint density at radius 2 is 2.40 bits per heavy atom. The number of halogens is 1. The van der Waals surface area contributed by atoms with Crippen molar-refractivity contribution < 1.29 is 9.32 Å². The molecule has 1 unspecified atom stereocenters. The molecule has 0 N–H and O–H groups in total. The van der Waals surface area contributed by atoms with E-state index in [0.717, 1.165) is 30.8 Å². The Hall–Kier alpha value is -1.69. The standard InChI is InChI=1S/C14H14BrN3O2/c1-9-8-12(20-17-9)11-5-3-7-18(11)14(19)10-4-2-6-16-13(10)15/h2,4,6,8,11H,3,5,7H2,1H3. The molecule has 0 radical (unpaired) electrons. The van der Waals surface area contributed by atoms with E-state index in [-0.39, 0.29) is 11.9 Å². The minimum atomic E-state index is -0.0317. The van der Waals surface area contributed by atoms with E-state index in [4.69, 9.17) is 4.52 Å². The van der Waals surface area contributed by atoms with Gasteiger partial charge >= 0.3 is 0 Å². The average Bonchev–Trinajstić information content (AvgIpc) is 3.06. The minimum Gasteiger partial charge on any atom is -0.359 e. The summed E-state index contributed by atoms with van der Waals surface area (Å²) >= 11 is 3.33. The third-order valence-corrected chi connectivity index (χ3v) is 4.11. The Balaban J connectivity index is 1.89. The second-order valence-corrected chi connectivity index (χ2v) is 5.62. The second kappa shape index (κ2) is 5.36. The number of hydrogen-bond donors (Lipinski definition) is 0.